The highest BCUT2D eigenvalue weighted by atomic mass is 16.5. The van der Waals surface area contributed by atoms with E-state index in [2.05, 4.69) is 95.8 Å². The molecule has 50 heavy (non-hydrogen) atoms. The van der Waals surface area contributed by atoms with Gasteiger partial charge in [0.1, 0.15) is 37.6 Å². The Bertz CT molecular complexity index is 1830. The Morgan fingerprint density at radius 3 is 1.60 bits per heavy atom. The highest BCUT2D eigenvalue weighted by Crippen LogP contribution is 2.72. The van der Waals surface area contributed by atoms with Gasteiger partial charge in [-0.15, -0.1) is 0 Å². The maximum absolute atomic E-state index is 7.51. The summed E-state index contributed by atoms with van der Waals surface area (Å²) in [5, 5.41) is 0. The second-order valence-electron chi connectivity index (χ2n) is 18.3. The zero-order valence-corrected chi connectivity index (χ0v) is 29.2. The van der Waals surface area contributed by atoms with Crippen molar-refractivity contribution in [3.63, 3.8) is 0 Å². The fourth-order valence-corrected chi connectivity index (χ4v) is 16.4. The zero-order chi connectivity index (χ0) is 32.8. The van der Waals surface area contributed by atoms with Crippen LogP contribution < -0.4 is 9.80 Å². The summed E-state index contributed by atoms with van der Waals surface area (Å²) in [7, 11) is 0. The molecule has 2 aromatic carbocycles. The molecule has 0 radical (unpaired) electrons. The van der Waals surface area contributed by atoms with Crippen LogP contribution in [-0.4, -0.2) is 98.1 Å². The van der Waals surface area contributed by atoms with E-state index in [4.69, 9.17) is 9.47 Å². The molecule has 11 aliphatic rings. The van der Waals surface area contributed by atoms with Crippen molar-refractivity contribution >= 4 is 11.4 Å². The molecule has 0 aromatic heterocycles. The second kappa shape index (κ2) is 9.06. The van der Waals surface area contributed by atoms with Crippen molar-refractivity contribution in [1.29, 1.82) is 0 Å². The molecule has 7 fully saturated rings. The van der Waals surface area contributed by atoms with Crippen LogP contribution in [-0.2, 0) is 20.3 Å². The Morgan fingerprint density at radius 1 is 0.680 bits per heavy atom. The van der Waals surface area contributed by atoms with Crippen molar-refractivity contribution in [2.45, 2.75) is 73.1 Å². The van der Waals surface area contributed by atoms with Crippen molar-refractivity contribution in [3.8, 4) is 0 Å². The summed E-state index contributed by atoms with van der Waals surface area (Å²) < 4.78 is 17.4. The molecule has 5 saturated heterocycles. The molecule has 0 N–H and O–H groups in total. The summed E-state index contributed by atoms with van der Waals surface area (Å²) in [5.74, 6) is 1.79. The molecule has 0 unspecified atom stereocenters. The van der Waals surface area contributed by atoms with Gasteiger partial charge in [0.2, 0.25) is 0 Å². The van der Waals surface area contributed by atoms with E-state index in [0.717, 1.165) is 39.4 Å². The Morgan fingerprint density at radius 2 is 1.14 bits per heavy atom. The average molecular weight is 667 g/mol. The van der Waals surface area contributed by atoms with Gasteiger partial charge in [-0.25, -0.2) is 0 Å². The standard InChI is InChI=1S/C44H50N4O2/c1-3-17-47-19-15-43-31-9-5-7-11-33(31)45-39(43)37-29(23-35(43)47)27(25-47)13-21-49-41(37)46-34-12-8-6-10-32(34)44-16-20-48(18-4-2)26-28-14-22-50-42(45)38(40(44)46)30(28)24-36(44)48/h3-14,29-30,35-42H,1-2,15-26H2/q+2/t29-,30-,35-,36-,37+,38+,39-,40-,41+,42+,43+,44+,47-,48-/m0/s1. The zero-order valence-electron chi connectivity index (χ0n) is 29.2. The van der Waals surface area contributed by atoms with Crippen LogP contribution in [0.4, 0.5) is 11.4 Å². The van der Waals surface area contributed by atoms with Crippen molar-refractivity contribution < 1.29 is 18.4 Å². The van der Waals surface area contributed by atoms with Crippen molar-refractivity contribution in [1.82, 2.24) is 0 Å². The highest BCUT2D eigenvalue weighted by Gasteiger charge is 2.80. The van der Waals surface area contributed by atoms with Gasteiger partial charge in [-0.3, -0.25) is 0 Å². The van der Waals surface area contributed by atoms with Crippen LogP contribution in [0.2, 0.25) is 0 Å². The van der Waals surface area contributed by atoms with Crippen molar-refractivity contribution in [2.75, 3.05) is 62.3 Å². The smallest absolute Gasteiger partial charge is 0.136 e. The topological polar surface area (TPSA) is 24.9 Å². The van der Waals surface area contributed by atoms with Crippen LogP contribution >= 0.6 is 0 Å². The third-order valence-electron chi connectivity index (χ3n) is 17.5. The van der Waals surface area contributed by atoms with Crippen molar-refractivity contribution in [3.05, 3.63) is 108 Å². The van der Waals surface area contributed by atoms with Crippen LogP contribution in [0.15, 0.2) is 97.1 Å². The third-order valence-corrected chi connectivity index (χ3v) is 17.5. The molecule has 9 heterocycles. The number of nitrogens with zero attached hydrogens (tertiary/aromatic N) is 4. The van der Waals surface area contributed by atoms with E-state index < -0.39 is 0 Å². The lowest BCUT2D eigenvalue weighted by Crippen LogP contribution is -2.78. The fraction of sp³-hybridized carbons (Fsp3) is 0.545. The summed E-state index contributed by atoms with van der Waals surface area (Å²) in [5.41, 5.74) is 9.71. The second-order valence-corrected chi connectivity index (χ2v) is 18.3. The summed E-state index contributed by atoms with van der Waals surface area (Å²) >= 11 is 0. The quantitative estimate of drug-likeness (QED) is 0.311. The summed E-state index contributed by atoms with van der Waals surface area (Å²) in [6, 6.07) is 21.3. The number of hydrogen-bond donors (Lipinski definition) is 0. The molecule has 6 nitrogen and oxygen atoms in total. The first-order valence-corrected chi connectivity index (χ1v) is 19.9. The first kappa shape index (κ1) is 28.4. The lowest BCUT2D eigenvalue weighted by molar-refractivity contribution is -0.938. The monoisotopic (exact) mass is 666 g/mol. The van der Waals surface area contributed by atoms with Gasteiger partial charge < -0.3 is 28.2 Å². The van der Waals surface area contributed by atoms with Gasteiger partial charge in [0, 0.05) is 60.7 Å². The maximum Gasteiger partial charge on any atom is 0.136 e. The Kier molecular flexibility index (Phi) is 5.15. The van der Waals surface area contributed by atoms with Gasteiger partial charge in [-0.2, -0.15) is 0 Å². The van der Waals surface area contributed by atoms with E-state index in [0.29, 0.717) is 47.8 Å². The van der Waals surface area contributed by atoms with E-state index in [-0.39, 0.29) is 23.3 Å². The first-order valence-electron chi connectivity index (χ1n) is 19.9. The minimum Gasteiger partial charge on any atom is -0.354 e. The van der Waals surface area contributed by atoms with Crippen LogP contribution in [0, 0.1) is 23.7 Å². The van der Waals surface area contributed by atoms with Gasteiger partial charge in [0.05, 0.1) is 62.3 Å². The Labute approximate surface area is 296 Å². The molecule has 9 aliphatic heterocycles. The molecule has 256 valence electrons. The molecule has 2 aliphatic carbocycles. The maximum atomic E-state index is 7.51. The molecule has 6 heteroatoms. The lowest BCUT2D eigenvalue weighted by atomic mass is 9.52. The van der Waals surface area contributed by atoms with Gasteiger partial charge >= 0.3 is 0 Å². The van der Waals surface area contributed by atoms with Crippen LogP contribution in [0.3, 0.4) is 0 Å². The molecule has 2 aromatic rings. The number of rotatable bonds is 4. The number of benzene rings is 2. The fourth-order valence-electron chi connectivity index (χ4n) is 16.4. The van der Waals surface area contributed by atoms with Crippen molar-refractivity contribution in [2.24, 2.45) is 23.7 Å². The van der Waals surface area contributed by atoms with E-state index in [9.17, 15) is 0 Å². The van der Waals surface area contributed by atoms with Gasteiger partial charge in [-0.1, -0.05) is 61.7 Å². The molecular formula is C44H50N4O2+2. The largest absolute Gasteiger partial charge is 0.354 e. The van der Waals surface area contributed by atoms with E-state index in [1.54, 1.807) is 22.3 Å². The number of anilines is 2. The molecule has 2 saturated carbocycles. The summed E-state index contributed by atoms with van der Waals surface area (Å²) in [6.45, 7) is 17.1. The average Bonchev–Trinajstić information content (AvgIpc) is 3.75. The normalized spacial score (nSPS) is 49.8. The molecule has 2 spiro atoms. The van der Waals surface area contributed by atoms with Gasteiger partial charge in [0.25, 0.3) is 0 Å². The molecule has 14 atom stereocenters. The van der Waals surface area contributed by atoms with Gasteiger partial charge in [-0.05, 0) is 46.6 Å². The number of fused-ring (bicyclic) bond motifs is 6. The molecule has 0 amide bonds. The predicted octanol–water partition coefficient (Wildman–Crippen LogP) is 5.67. The minimum atomic E-state index is 0.0382. The number of piperidine rings is 2. The van der Waals surface area contributed by atoms with Crippen LogP contribution in [0.5, 0.6) is 0 Å². The SMILES string of the molecule is C=CC[N@+]12CC[C@@]34c5ccccc5N5[C@@H]6OCC=C7C[N@+]8(CC=C)CC[C@]9%10c%11ccccc%11N([C@@H]%11OCC=C(C1)[C@H](C[C@@H]32)[C@@H]%11[C@H]54)[C@H]9[C@H]6[C@H]7C[C@@H]%108. The molecule has 4 bridgehead atoms. The predicted molar refractivity (Wildman–Crippen MR) is 195 cm³/mol. The molecule has 13 rings (SSSR count). The minimum absolute atomic E-state index is 0.0382. The lowest BCUT2D eigenvalue weighted by Gasteiger charge is -2.65. The molecular weight excluding hydrogens is 617 g/mol. The number of ether oxygens (including phenoxy) is 2. The van der Waals surface area contributed by atoms with Crippen LogP contribution in [0.25, 0.3) is 0 Å². The number of quaternary nitrogens is 2. The van der Waals surface area contributed by atoms with E-state index in [1.165, 1.54) is 59.1 Å². The van der Waals surface area contributed by atoms with E-state index >= 15 is 0 Å². The number of hydrogen-bond acceptors (Lipinski definition) is 4. The Balaban J connectivity index is 1.12. The number of para-hydroxylation sites is 2. The first-order chi connectivity index (χ1) is 24.6. The summed E-state index contributed by atoms with van der Waals surface area (Å²) in [6.07, 6.45) is 14.7. The summed E-state index contributed by atoms with van der Waals surface area (Å²) in [4.78, 5) is 5.95. The third kappa shape index (κ3) is 2.82. The van der Waals surface area contributed by atoms with E-state index in [1.807, 2.05) is 0 Å². The highest BCUT2D eigenvalue weighted by molar-refractivity contribution is 5.72. The van der Waals surface area contributed by atoms with Crippen LogP contribution in [0.1, 0.15) is 36.8 Å². The Hall–Kier alpha value is -3.16. The van der Waals surface area contributed by atoms with Gasteiger partial charge in [0.15, 0.2) is 0 Å².